The van der Waals surface area contributed by atoms with Crippen LogP contribution in [0.1, 0.15) is 29.6 Å². The van der Waals surface area contributed by atoms with Crippen molar-refractivity contribution < 1.29 is 19.6 Å². The maximum atomic E-state index is 11.0. The maximum Gasteiger partial charge on any atom is 0.339 e. The molecule has 6 heteroatoms. The highest BCUT2D eigenvalue weighted by atomic mass is 16.6. The fourth-order valence-corrected chi connectivity index (χ4v) is 1.85. The van der Waals surface area contributed by atoms with Crippen LogP contribution in [0.15, 0.2) is 18.2 Å². The van der Waals surface area contributed by atoms with Gasteiger partial charge in [-0.25, -0.2) is 4.79 Å². The number of hydrogen-bond acceptors (Lipinski definition) is 4. The van der Waals surface area contributed by atoms with Crippen LogP contribution in [0.25, 0.3) is 0 Å². The quantitative estimate of drug-likeness (QED) is 0.641. The van der Waals surface area contributed by atoms with Gasteiger partial charge in [-0.2, -0.15) is 0 Å². The Morgan fingerprint density at radius 1 is 1.50 bits per heavy atom. The molecule has 0 radical (unpaired) electrons. The van der Waals surface area contributed by atoms with E-state index in [1.165, 1.54) is 18.2 Å². The highest BCUT2D eigenvalue weighted by Crippen LogP contribution is 2.33. The van der Waals surface area contributed by atoms with Crippen LogP contribution in [-0.2, 0) is 0 Å². The molecule has 0 atom stereocenters. The van der Waals surface area contributed by atoms with Gasteiger partial charge < -0.3 is 9.84 Å². The first kappa shape index (κ1) is 12.3. The molecule has 1 aromatic carbocycles. The van der Waals surface area contributed by atoms with Crippen molar-refractivity contribution in [3.8, 4) is 5.75 Å². The van der Waals surface area contributed by atoms with Gasteiger partial charge in [-0.3, -0.25) is 10.1 Å². The Labute approximate surface area is 103 Å². The van der Waals surface area contributed by atoms with Crippen molar-refractivity contribution in [2.45, 2.75) is 19.3 Å². The first-order valence-corrected chi connectivity index (χ1v) is 5.73. The number of carboxylic acid groups (broad SMARTS) is 1. The van der Waals surface area contributed by atoms with Crippen molar-refractivity contribution in [1.29, 1.82) is 0 Å². The molecule has 1 saturated carbocycles. The van der Waals surface area contributed by atoms with Crippen molar-refractivity contribution in [1.82, 2.24) is 0 Å². The van der Waals surface area contributed by atoms with Crippen molar-refractivity contribution >= 4 is 11.7 Å². The molecular weight excluding hydrogens is 238 g/mol. The Kier molecular flexibility index (Phi) is 3.45. The molecule has 0 aromatic heterocycles. The van der Waals surface area contributed by atoms with E-state index in [9.17, 15) is 14.9 Å². The molecule has 0 saturated heterocycles. The van der Waals surface area contributed by atoms with Gasteiger partial charge in [0.1, 0.15) is 5.56 Å². The number of nitro groups is 1. The average Bonchev–Trinajstić information content (AvgIpc) is 2.26. The van der Waals surface area contributed by atoms with Crippen molar-refractivity contribution in [2.24, 2.45) is 5.92 Å². The second-order valence-corrected chi connectivity index (χ2v) is 4.32. The third-order valence-corrected chi connectivity index (χ3v) is 3.11. The van der Waals surface area contributed by atoms with E-state index in [4.69, 9.17) is 9.84 Å². The van der Waals surface area contributed by atoms with Crippen LogP contribution in [0.4, 0.5) is 5.69 Å². The molecule has 18 heavy (non-hydrogen) atoms. The van der Waals surface area contributed by atoms with Crippen LogP contribution in [0, 0.1) is 16.0 Å². The van der Waals surface area contributed by atoms with Gasteiger partial charge in [0.05, 0.1) is 11.5 Å². The van der Waals surface area contributed by atoms with E-state index in [0.29, 0.717) is 12.5 Å². The fraction of sp³-hybridized carbons (Fsp3) is 0.417. The highest BCUT2D eigenvalue weighted by molar-refractivity contribution is 5.92. The SMILES string of the molecule is O=C(O)c1cccc([N+](=O)[O-])c1OCC1CCC1. The van der Waals surface area contributed by atoms with E-state index >= 15 is 0 Å². The van der Waals surface area contributed by atoms with Gasteiger partial charge in [-0.1, -0.05) is 12.5 Å². The summed E-state index contributed by atoms with van der Waals surface area (Å²) in [5.41, 5.74) is -0.460. The Bertz CT molecular complexity index is 449. The summed E-state index contributed by atoms with van der Waals surface area (Å²) in [6, 6.07) is 3.91. The summed E-state index contributed by atoms with van der Waals surface area (Å²) in [5, 5.41) is 19.9. The molecule has 2 rings (SSSR count). The van der Waals surface area contributed by atoms with Gasteiger partial charge in [0.15, 0.2) is 0 Å². The van der Waals surface area contributed by atoms with Gasteiger partial charge in [0.2, 0.25) is 5.75 Å². The molecule has 1 N–H and O–H groups in total. The first-order chi connectivity index (χ1) is 8.59. The summed E-state index contributed by atoms with van der Waals surface area (Å²) in [4.78, 5) is 21.3. The topological polar surface area (TPSA) is 89.7 Å². The summed E-state index contributed by atoms with van der Waals surface area (Å²) < 4.78 is 5.37. The lowest BCUT2D eigenvalue weighted by Crippen LogP contribution is -2.20. The van der Waals surface area contributed by atoms with Crippen LogP contribution >= 0.6 is 0 Å². The zero-order valence-corrected chi connectivity index (χ0v) is 9.67. The van der Waals surface area contributed by atoms with Crippen molar-refractivity contribution in [3.63, 3.8) is 0 Å². The van der Waals surface area contributed by atoms with Crippen LogP contribution in [0.5, 0.6) is 5.75 Å². The lowest BCUT2D eigenvalue weighted by Gasteiger charge is -2.25. The minimum absolute atomic E-state index is 0.137. The summed E-state index contributed by atoms with van der Waals surface area (Å²) >= 11 is 0. The van der Waals surface area contributed by atoms with Crippen LogP contribution in [-0.4, -0.2) is 22.6 Å². The lowest BCUT2D eigenvalue weighted by atomic mass is 9.86. The zero-order valence-electron chi connectivity index (χ0n) is 9.67. The van der Waals surface area contributed by atoms with E-state index in [-0.39, 0.29) is 17.0 Å². The number of nitrogens with zero attached hydrogens (tertiary/aromatic N) is 1. The van der Waals surface area contributed by atoms with E-state index in [1.54, 1.807) is 0 Å². The molecule has 0 heterocycles. The predicted octanol–water partition coefficient (Wildman–Crippen LogP) is 2.47. The number of benzene rings is 1. The number of carboxylic acids is 1. The summed E-state index contributed by atoms with van der Waals surface area (Å²) in [5.74, 6) is -0.976. The maximum absolute atomic E-state index is 11.0. The van der Waals surface area contributed by atoms with Gasteiger partial charge in [-0.15, -0.1) is 0 Å². The summed E-state index contributed by atoms with van der Waals surface area (Å²) in [6.45, 7) is 0.338. The molecule has 0 unspecified atom stereocenters. The largest absolute Gasteiger partial charge is 0.486 e. The van der Waals surface area contributed by atoms with Gasteiger partial charge in [-0.05, 0) is 24.8 Å². The fourth-order valence-electron chi connectivity index (χ4n) is 1.85. The van der Waals surface area contributed by atoms with Crippen LogP contribution < -0.4 is 4.74 Å². The predicted molar refractivity (Wildman–Crippen MR) is 62.9 cm³/mol. The number of nitro benzene ring substituents is 1. The molecular formula is C12H13NO5. The molecule has 96 valence electrons. The molecule has 0 bridgehead atoms. The zero-order chi connectivity index (χ0) is 13.1. The molecule has 0 aliphatic heterocycles. The third kappa shape index (κ3) is 2.42. The van der Waals surface area contributed by atoms with Gasteiger partial charge >= 0.3 is 11.7 Å². The summed E-state index contributed by atoms with van der Waals surface area (Å²) in [6.07, 6.45) is 3.20. The smallest absolute Gasteiger partial charge is 0.339 e. The minimum atomic E-state index is -1.22. The first-order valence-electron chi connectivity index (χ1n) is 5.73. The summed E-state index contributed by atoms with van der Waals surface area (Å²) in [7, 11) is 0. The Hall–Kier alpha value is -2.11. The normalized spacial score (nSPS) is 14.9. The molecule has 1 aromatic rings. The highest BCUT2D eigenvalue weighted by Gasteiger charge is 2.25. The van der Waals surface area contributed by atoms with Gasteiger partial charge in [0, 0.05) is 6.07 Å². The van der Waals surface area contributed by atoms with Crippen LogP contribution in [0.2, 0.25) is 0 Å². The van der Waals surface area contributed by atoms with Crippen molar-refractivity contribution in [3.05, 3.63) is 33.9 Å². The second-order valence-electron chi connectivity index (χ2n) is 4.32. The van der Waals surface area contributed by atoms with Crippen molar-refractivity contribution in [2.75, 3.05) is 6.61 Å². The second kappa shape index (κ2) is 5.03. The molecule has 6 nitrogen and oxygen atoms in total. The molecule has 0 spiro atoms. The Balaban J connectivity index is 2.26. The van der Waals surface area contributed by atoms with E-state index in [2.05, 4.69) is 0 Å². The number of ether oxygens (including phenoxy) is 1. The standard InChI is InChI=1S/C12H13NO5/c14-12(15)9-5-2-6-10(13(16)17)11(9)18-7-8-3-1-4-8/h2,5-6,8H,1,3-4,7H2,(H,14,15). The number of hydrogen-bond donors (Lipinski definition) is 1. The van der Waals surface area contributed by atoms with E-state index in [0.717, 1.165) is 19.3 Å². The van der Waals surface area contributed by atoms with E-state index in [1.807, 2.05) is 0 Å². The van der Waals surface area contributed by atoms with E-state index < -0.39 is 10.9 Å². The number of para-hydroxylation sites is 1. The Morgan fingerprint density at radius 2 is 2.22 bits per heavy atom. The molecule has 1 aliphatic carbocycles. The molecule has 0 amide bonds. The number of rotatable bonds is 5. The number of carbonyl (C=O) groups is 1. The minimum Gasteiger partial charge on any atom is -0.486 e. The number of aromatic carboxylic acids is 1. The lowest BCUT2D eigenvalue weighted by molar-refractivity contribution is -0.386. The molecule has 1 aliphatic rings. The van der Waals surface area contributed by atoms with Crippen LogP contribution in [0.3, 0.4) is 0 Å². The van der Waals surface area contributed by atoms with Gasteiger partial charge in [0.25, 0.3) is 0 Å². The molecule has 1 fully saturated rings. The monoisotopic (exact) mass is 251 g/mol. The average molecular weight is 251 g/mol. The third-order valence-electron chi connectivity index (χ3n) is 3.11. The Morgan fingerprint density at radius 3 is 2.72 bits per heavy atom.